The van der Waals surface area contributed by atoms with E-state index in [1.807, 2.05) is 6.07 Å². The Balaban J connectivity index is 1.30. The number of benzene rings is 1. The highest BCUT2D eigenvalue weighted by Crippen LogP contribution is 2.30. The van der Waals surface area contributed by atoms with Crippen LogP contribution in [0.2, 0.25) is 10.0 Å². The van der Waals surface area contributed by atoms with E-state index in [0.29, 0.717) is 27.2 Å². The molecule has 32 heavy (non-hydrogen) atoms. The van der Waals surface area contributed by atoms with Crippen molar-refractivity contribution in [1.82, 2.24) is 15.3 Å². The Morgan fingerprint density at radius 2 is 1.75 bits per heavy atom. The normalized spacial score (nSPS) is 20.2. The molecule has 1 aromatic carbocycles. The van der Waals surface area contributed by atoms with Gasteiger partial charge in [0.25, 0.3) is 0 Å². The fourth-order valence-corrected chi connectivity index (χ4v) is 5.24. The lowest BCUT2D eigenvalue weighted by Gasteiger charge is -2.31. The van der Waals surface area contributed by atoms with Gasteiger partial charge in [0.2, 0.25) is 5.95 Å². The fourth-order valence-electron chi connectivity index (χ4n) is 4.51. The van der Waals surface area contributed by atoms with Gasteiger partial charge in [-0.05, 0) is 81.8 Å². The third-order valence-electron chi connectivity index (χ3n) is 6.16. The minimum absolute atomic E-state index is 0.334. The Labute approximate surface area is 205 Å². The summed E-state index contributed by atoms with van der Waals surface area (Å²) in [6.45, 7) is 0. The van der Waals surface area contributed by atoms with Gasteiger partial charge < -0.3 is 20.9 Å². The van der Waals surface area contributed by atoms with E-state index in [9.17, 15) is 0 Å². The standard InChI is InChI=1S/C23H30Cl2N6S/c1-31(2)21-17-5-3-4-6-19(17)28-22(30-21)26-15-8-10-16(11-9-15)27-23(32)29-20-12-7-14(24)13-18(20)25/h7,12-13,15-16H,3-6,8-11H2,1-2H3,(H,26,28,30)(H2,27,29,32). The van der Waals surface area contributed by atoms with Crippen LogP contribution in [0.1, 0.15) is 49.8 Å². The zero-order valence-electron chi connectivity index (χ0n) is 18.5. The Hall–Kier alpha value is -1.83. The number of anilines is 3. The van der Waals surface area contributed by atoms with Gasteiger partial charge in [-0.1, -0.05) is 23.2 Å². The van der Waals surface area contributed by atoms with E-state index in [1.165, 1.54) is 24.1 Å². The fraction of sp³-hybridized carbons (Fsp3) is 0.522. The van der Waals surface area contributed by atoms with Gasteiger partial charge >= 0.3 is 0 Å². The van der Waals surface area contributed by atoms with Crippen LogP contribution in [0.5, 0.6) is 0 Å². The molecule has 4 rings (SSSR count). The van der Waals surface area contributed by atoms with Gasteiger partial charge in [0.05, 0.1) is 16.4 Å². The van der Waals surface area contributed by atoms with Crippen LogP contribution >= 0.6 is 35.4 Å². The molecule has 1 aromatic heterocycles. The molecule has 0 spiro atoms. The summed E-state index contributed by atoms with van der Waals surface area (Å²) in [5, 5.41) is 11.9. The van der Waals surface area contributed by atoms with E-state index >= 15 is 0 Å². The SMILES string of the molecule is CN(C)c1nc(NC2CCC(NC(=S)Nc3ccc(Cl)cc3Cl)CC2)nc2c1CCCC2. The molecular formula is C23H30Cl2N6S. The monoisotopic (exact) mass is 492 g/mol. The molecule has 2 aliphatic rings. The number of nitrogens with one attached hydrogen (secondary N) is 3. The first-order chi connectivity index (χ1) is 15.4. The summed E-state index contributed by atoms with van der Waals surface area (Å²) in [5.41, 5.74) is 3.29. The van der Waals surface area contributed by atoms with Gasteiger partial charge in [-0.25, -0.2) is 4.98 Å². The highest BCUT2D eigenvalue weighted by atomic mass is 35.5. The molecule has 0 saturated heterocycles. The molecule has 0 bridgehead atoms. The van der Waals surface area contributed by atoms with Crippen molar-refractivity contribution >= 4 is 58.0 Å². The Morgan fingerprint density at radius 3 is 2.47 bits per heavy atom. The molecule has 0 atom stereocenters. The van der Waals surface area contributed by atoms with Crippen molar-refractivity contribution in [3.8, 4) is 0 Å². The third kappa shape index (κ3) is 5.74. The Morgan fingerprint density at radius 1 is 1.03 bits per heavy atom. The molecule has 6 nitrogen and oxygen atoms in total. The van der Waals surface area contributed by atoms with Crippen LogP contribution in [0.3, 0.4) is 0 Å². The number of halogens is 2. The summed E-state index contributed by atoms with van der Waals surface area (Å²) in [6.07, 6.45) is 8.70. The van der Waals surface area contributed by atoms with Crippen molar-refractivity contribution in [3.63, 3.8) is 0 Å². The van der Waals surface area contributed by atoms with Crippen molar-refractivity contribution in [3.05, 3.63) is 39.5 Å². The molecule has 0 amide bonds. The highest BCUT2D eigenvalue weighted by Gasteiger charge is 2.24. The molecule has 9 heteroatoms. The minimum Gasteiger partial charge on any atom is -0.362 e. The molecule has 172 valence electrons. The molecule has 0 aliphatic heterocycles. The second-order valence-electron chi connectivity index (χ2n) is 8.81. The maximum Gasteiger partial charge on any atom is 0.225 e. The molecule has 1 heterocycles. The van der Waals surface area contributed by atoms with Gasteiger partial charge in [-0.15, -0.1) is 0 Å². The van der Waals surface area contributed by atoms with Crippen molar-refractivity contribution in [2.24, 2.45) is 0 Å². The molecule has 1 fully saturated rings. The van der Waals surface area contributed by atoms with Gasteiger partial charge in [-0.2, -0.15) is 4.98 Å². The highest BCUT2D eigenvalue weighted by molar-refractivity contribution is 7.80. The summed E-state index contributed by atoms with van der Waals surface area (Å²) in [4.78, 5) is 11.8. The smallest absolute Gasteiger partial charge is 0.225 e. The third-order valence-corrected chi connectivity index (χ3v) is 6.93. The van der Waals surface area contributed by atoms with Gasteiger partial charge in [-0.3, -0.25) is 0 Å². The number of nitrogens with zero attached hydrogens (tertiary/aromatic N) is 3. The predicted molar refractivity (Wildman–Crippen MR) is 138 cm³/mol. The van der Waals surface area contributed by atoms with E-state index in [1.54, 1.807) is 12.1 Å². The zero-order valence-corrected chi connectivity index (χ0v) is 20.9. The summed E-state index contributed by atoms with van der Waals surface area (Å²) < 4.78 is 0. The Bertz CT molecular complexity index is 975. The van der Waals surface area contributed by atoms with Gasteiger partial charge in [0, 0.05) is 36.8 Å². The summed E-state index contributed by atoms with van der Waals surface area (Å²) in [6, 6.07) is 6.03. The first-order valence-electron chi connectivity index (χ1n) is 11.3. The molecule has 0 unspecified atom stereocenters. The average molecular weight is 494 g/mol. The number of thiocarbonyl (C=S) groups is 1. The van der Waals surface area contributed by atoms with E-state index in [0.717, 1.165) is 56.0 Å². The largest absolute Gasteiger partial charge is 0.362 e. The summed E-state index contributed by atoms with van der Waals surface area (Å²) in [7, 11) is 4.12. The lowest BCUT2D eigenvalue weighted by atomic mass is 9.91. The maximum absolute atomic E-state index is 6.23. The van der Waals surface area contributed by atoms with E-state index < -0.39 is 0 Å². The number of aromatic nitrogens is 2. The van der Waals surface area contributed by atoms with Crippen molar-refractivity contribution in [2.45, 2.75) is 63.5 Å². The zero-order chi connectivity index (χ0) is 22.7. The molecule has 2 aliphatic carbocycles. The van der Waals surface area contributed by atoms with Crippen LogP contribution in [-0.2, 0) is 12.8 Å². The minimum atomic E-state index is 0.334. The lowest BCUT2D eigenvalue weighted by molar-refractivity contribution is 0.387. The average Bonchev–Trinajstić information content (AvgIpc) is 2.76. The van der Waals surface area contributed by atoms with E-state index in [2.05, 4.69) is 34.9 Å². The van der Waals surface area contributed by atoms with Crippen LogP contribution in [-0.4, -0.2) is 41.3 Å². The molecular weight excluding hydrogens is 463 g/mol. The first-order valence-corrected chi connectivity index (χ1v) is 12.4. The van der Waals surface area contributed by atoms with Crippen LogP contribution in [0.25, 0.3) is 0 Å². The van der Waals surface area contributed by atoms with E-state index in [-0.39, 0.29) is 0 Å². The molecule has 1 saturated carbocycles. The number of hydrogen-bond acceptors (Lipinski definition) is 5. The van der Waals surface area contributed by atoms with E-state index in [4.69, 9.17) is 45.4 Å². The maximum atomic E-state index is 6.23. The van der Waals surface area contributed by atoms with Gasteiger partial charge in [0.1, 0.15) is 5.82 Å². The molecule has 0 radical (unpaired) electrons. The Kier molecular flexibility index (Phi) is 7.59. The number of aryl methyl sites for hydroxylation is 1. The number of hydrogen-bond donors (Lipinski definition) is 3. The number of rotatable bonds is 5. The quantitative estimate of drug-likeness (QED) is 0.480. The second kappa shape index (κ2) is 10.4. The molecule has 3 N–H and O–H groups in total. The van der Waals surface area contributed by atoms with Crippen LogP contribution < -0.4 is 20.9 Å². The lowest BCUT2D eigenvalue weighted by Crippen LogP contribution is -2.42. The van der Waals surface area contributed by atoms with Crippen molar-refractivity contribution in [2.75, 3.05) is 29.6 Å². The van der Waals surface area contributed by atoms with Crippen LogP contribution in [0, 0.1) is 0 Å². The number of fused-ring (bicyclic) bond motifs is 1. The van der Waals surface area contributed by atoms with Crippen molar-refractivity contribution < 1.29 is 0 Å². The second-order valence-corrected chi connectivity index (χ2v) is 10.1. The van der Waals surface area contributed by atoms with Crippen LogP contribution in [0.15, 0.2) is 18.2 Å². The van der Waals surface area contributed by atoms with Crippen LogP contribution in [0.4, 0.5) is 17.5 Å². The molecule has 2 aromatic rings. The summed E-state index contributed by atoms with van der Waals surface area (Å²) >= 11 is 17.7. The van der Waals surface area contributed by atoms with Crippen molar-refractivity contribution in [1.29, 1.82) is 0 Å². The van der Waals surface area contributed by atoms with Gasteiger partial charge in [0.15, 0.2) is 5.11 Å². The topological polar surface area (TPSA) is 65.1 Å². The summed E-state index contributed by atoms with van der Waals surface area (Å²) in [5.74, 6) is 1.82. The predicted octanol–water partition coefficient (Wildman–Crippen LogP) is 5.44. The first kappa shape index (κ1) is 23.3.